The Balaban J connectivity index is 1.32. The number of amides is 1. The van der Waals surface area contributed by atoms with Gasteiger partial charge in [0.2, 0.25) is 5.91 Å². The number of rotatable bonds is 8. The maximum absolute atomic E-state index is 12.7. The quantitative estimate of drug-likeness (QED) is 0.641. The van der Waals surface area contributed by atoms with E-state index in [2.05, 4.69) is 52.0 Å². The number of nitrogens with one attached hydrogen (secondary N) is 3. The maximum Gasteiger partial charge on any atom is 0.223 e. The van der Waals surface area contributed by atoms with Gasteiger partial charge < -0.3 is 15.4 Å². The van der Waals surface area contributed by atoms with Crippen LogP contribution < -0.4 is 10.6 Å². The van der Waals surface area contributed by atoms with Crippen molar-refractivity contribution in [3.63, 3.8) is 0 Å². The number of aromatic amines is 1. The normalized spacial score (nSPS) is 24.4. The van der Waals surface area contributed by atoms with Gasteiger partial charge in [-0.05, 0) is 55.7 Å². The molecular formula is C23H32N4O2. The smallest absolute Gasteiger partial charge is 0.223 e. The molecule has 2 aliphatic rings. The number of benzene rings is 1. The van der Waals surface area contributed by atoms with E-state index in [0.29, 0.717) is 18.6 Å². The number of hydrogen-bond acceptors (Lipinski definition) is 4. The highest BCUT2D eigenvalue weighted by molar-refractivity contribution is 5.78. The molecule has 0 saturated heterocycles. The summed E-state index contributed by atoms with van der Waals surface area (Å²) in [4.78, 5) is 12.7. The molecule has 2 aliphatic carbocycles. The number of fused-ring (bicyclic) bond motifs is 1. The van der Waals surface area contributed by atoms with Gasteiger partial charge in [0.05, 0.1) is 18.3 Å². The lowest BCUT2D eigenvalue weighted by molar-refractivity contribution is -0.128. The molecule has 29 heavy (non-hydrogen) atoms. The van der Waals surface area contributed by atoms with E-state index in [-0.39, 0.29) is 17.9 Å². The van der Waals surface area contributed by atoms with Crippen LogP contribution in [0.3, 0.4) is 0 Å². The Morgan fingerprint density at radius 3 is 2.69 bits per heavy atom. The lowest BCUT2D eigenvalue weighted by Crippen LogP contribution is -2.51. The van der Waals surface area contributed by atoms with Crippen LogP contribution in [0.25, 0.3) is 0 Å². The summed E-state index contributed by atoms with van der Waals surface area (Å²) >= 11 is 0. The molecule has 1 fully saturated rings. The number of ether oxygens (including phenoxy) is 1. The fourth-order valence-corrected chi connectivity index (χ4v) is 4.70. The summed E-state index contributed by atoms with van der Waals surface area (Å²) in [5.41, 5.74) is 3.85. The van der Waals surface area contributed by atoms with E-state index in [1.54, 1.807) is 6.20 Å². The first-order valence-electron chi connectivity index (χ1n) is 10.9. The van der Waals surface area contributed by atoms with Crippen molar-refractivity contribution in [3.8, 4) is 0 Å². The van der Waals surface area contributed by atoms with Crippen LogP contribution in [0, 0.1) is 5.92 Å². The van der Waals surface area contributed by atoms with E-state index in [4.69, 9.17) is 4.74 Å². The number of carbonyl (C=O) groups is 1. The number of hydrogen-bond donors (Lipinski definition) is 3. The van der Waals surface area contributed by atoms with Crippen LogP contribution in [-0.2, 0) is 28.9 Å². The van der Waals surface area contributed by atoms with Gasteiger partial charge in [-0.15, -0.1) is 0 Å². The van der Waals surface area contributed by atoms with Crippen LogP contribution in [-0.4, -0.2) is 40.9 Å². The van der Waals surface area contributed by atoms with Gasteiger partial charge in [-0.2, -0.15) is 5.10 Å². The zero-order chi connectivity index (χ0) is 20.1. The van der Waals surface area contributed by atoms with Gasteiger partial charge in [0.1, 0.15) is 0 Å². The minimum atomic E-state index is 0.0126. The van der Waals surface area contributed by atoms with E-state index in [1.807, 2.05) is 6.07 Å². The van der Waals surface area contributed by atoms with E-state index in [1.165, 1.54) is 11.1 Å². The highest BCUT2D eigenvalue weighted by Gasteiger charge is 2.36. The molecule has 6 nitrogen and oxygen atoms in total. The molecule has 0 aliphatic heterocycles. The Morgan fingerprint density at radius 2 is 2.00 bits per heavy atom. The van der Waals surface area contributed by atoms with E-state index in [0.717, 1.165) is 50.8 Å². The molecule has 156 valence electrons. The summed E-state index contributed by atoms with van der Waals surface area (Å²) in [6.45, 7) is 3.38. The van der Waals surface area contributed by atoms with Gasteiger partial charge in [0, 0.05) is 30.8 Å². The fraction of sp³-hybridized carbons (Fsp3) is 0.565. The average molecular weight is 397 g/mol. The minimum absolute atomic E-state index is 0.0126. The molecule has 1 saturated carbocycles. The molecule has 3 N–H and O–H groups in total. The largest absolute Gasteiger partial charge is 0.377 e. The Bertz CT molecular complexity index is 767. The molecule has 1 amide bonds. The summed E-state index contributed by atoms with van der Waals surface area (Å²) < 4.78 is 6.20. The van der Waals surface area contributed by atoms with Crippen molar-refractivity contribution < 1.29 is 9.53 Å². The molecule has 4 rings (SSSR count). The second-order valence-electron chi connectivity index (χ2n) is 8.37. The first-order valence-corrected chi connectivity index (χ1v) is 10.9. The van der Waals surface area contributed by atoms with Crippen molar-refractivity contribution in [2.75, 3.05) is 6.61 Å². The minimum Gasteiger partial charge on any atom is -0.377 e. The number of nitrogens with zero attached hydrogens (tertiary/aromatic N) is 1. The first kappa shape index (κ1) is 20.1. The van der Waals surface area contributed by atoms with Gasteiger partial charge in [-0.3, -0.25) is 9.89 Å². The molecule has 0 radical (unpaired) electrons. The summed E-state index contributed by atoms with van der Waals surface area (Å²) in [6, 6.07) is 11.4. The van der Waals surface area contributed by atoms with Crippen LogP contribution in [0.5, 0.6) is 0 Å². The number of aromatic nitrogens is 2. The van der Waals surface area contributed by atoms with Crippen LogP contribution in [0.15, 0.2) is 36.5 Å². The van der Waals surface area contributed by atoms with Crippen LogP contribution in [0.4, 0.5) is 0 Å². The zero-order valence-corrected chi connectivity index (χ0v) is 17.2. The predicted molar refractivity (Wildman–Crippen MR) is 112 cm³/mol. The van der Waals surface area contributed by atoms with Gasteiger partial charge >= 0.3 is 0 Å². The molecule has 1 heterocycles. The summed E-state index contributed by atoms with van der Waals surface area (Å²) in [7, 11) is 0. The Kier molecular flexibility index (Phi) is 6.62. The lowest BCUT2D eigenvalue weighted by atomic mass is 9.82. The molecule has 0 bridgehead atoms. The summed E-state index contributed by atoms with van der Waals surface area (Å²) in [6.07, 6.45) is 7.62. The fourth-order valence-electron chi connectivity index (χ4n) is 4.70. The second kappa shape index (κ2) is 9.55. The molecule has 1 aromatic heterocycles. The number of H-pyrrole nitrogens is 1. The Morgan fingerprint density at radius 1 is 1.21 bits per heavy atom. The standard InChI is InChI=1S/C23H32N4O2/c1-2-11-29-22-14-18(23(28)24-15-19-9-10-25-27-19)7-8-21(22)26-20-12-16-5-3-4-6-17(16)13-20/h3-6,9-10,18,20-22,26H,2,7-8,11-15H2,1H3,(H,24,28)(H,25,27)/t18-,21-,22-/m0/s1. The average Bonchev–Trinajstić information content (AvgIpc) is 3.40. The van der Waals surface area contributed by atoms with Gasteiger partial charge in [0.25, 0.3) is 0 Å². The highest BCUT2D eigenvalue weighted by atomic mass is 16.5. The van der Waals surface area contributed by atoms with Gasteiger partial charge in [-0.1, -0.05) is 31.2 Å². The third-order valence-corrected chi connectivity index (χ3v) is 6.21. The van der Waals surface area contributed by atoms with Crippen molar-refractivity contribution in [3.05, 3.63) is 53.3 Å². The molecular weight excluding hydrogens is 364 g/mol. The molecule has 2 aromatic rings. The molecule has 1 aromatic carbocycles. The topological polar surface area (TPSA) is 79.0 Å². The lowest BCUT2D eigenvalue weighted by Gasteiger charge is -2.37. The maximum atomic E-state index is 12.7. The van der Waals surface area contributed by atoms with Crippen molar-refractivity contribution in [2.45, 2.75) is 70.2 Å². The van der Waals surface area contributed by atoms with Crippen LogP contribution in [0.2, 0.25) is 0 Å². The monoisotopic (exact) mass is 396 g/mol. The third kappa shape index (κ3) is 5.06. The summed E-state index contributed by atoms with van der Waals surface area (Å²) in [5.74, 6) is 0.134. The van der Waals surface area contributed by atoms with Crippen molar-refractivity contribution in [1.82, 2.24) is 20.8 Å². The van der Waals surface area contributed by atoms with Gasteiger partial charge in [0.15, 0.2) is 0 Å². The highest BCUT2D eigenvalue weighted by Crippen LogP contribution is 2.30. The molecule has 0 spiro atoms. The molecule has 6 heteroatoms. The van der Waals surface area contributed by atoms with Crippen LogP contribution in [0.1, 0.15) is 49.4 Å². The van der Waals surface area contributed by atoms with Crippen molar-refractivity contribution in [1.29, 1.82) is 0 Å². The zero-order valence-electron chi connectivity index (χ0n) is 17.2. The first-order chi connectivity index (χ1) is 14.2. The molecule has 0 unspecified atom stereocenters. The van der Waals surface area contributed by atoms with E-state index >= 15 is 0 Å². The van der Waals surface area contributed by atoms with E-state index < -0.39 is 0 Å². The SMILES string of the molecule is CCCO[C@H]1C[C@@H](C(=O)NCc2ccn[nH]2)CC[C@@H]1NC1Cc2ccccc2C1. The second-order valence-corrected chi connectivity index (χ2v) is 8.37. The summed E-state index contributed by atoms with van der Waals surface area (Å²) in [5, 5.41) is 13.7. The molecule has 3 atom stereocenters. The Labute approximate surface area is 172 Å². The number of carbonyl (C=O) groups excluding carboxylic acids is 1. The third-order valence-electron chi connectivity index (χ3n) is 6.21. The Hall–Kier alpha value is -2.18. The van der Waals surface area contributed by atoms with E-state index in [9.17, 15) is 4.79 Å². The van der Waals surface area contributed by atoms with Crippen molar-refractivity contribution in [2.24, 2.45) is 5.92 Å². The van der Waals surface area contributed by atoms with Crippen LogP contribution >= 0.6 is 0 Å². The van der Waals surface area contributed by atoms with Gasteiger partial charge in [-0.25, -0.2) is 0 Å². The van der Waals surface area contributed by atoms with Crippen molar-refractivity contribution >= 4 is 5.91 Å². The predicted octanol–water partition coefficient (Wildman–Crippen LogP) is 2.75.